The summed E-state index contributed by atoms with van der Waals surface area (Å²) < 4.78 is 108. The molecule has 12 bridgehead atoms. The summed E-state index contributed by atoms with van der Waals surface area (Å²) in [5.41, 5.74) is 0.0960. The number of sulfonamides is 3. The van der Waals surface area contributed by atoms with Crippen molar-refractivity contribution in [3.63, 3.8) is 0 Å². The average Bonchev–Trinajstić information content (AvgIpc) is 1.75. The normalized spacial score (nSPS) is 22.7. The van der Waals surface area contributed by atoms with Gasteiger partial charge in [0.25, 0.3) is 47.8 Å². The van der Waals surface area contributed by atoms with E-state index in [4.69, 9.17) is 29.2 Å². The summed E-state index contributed by atoms with van der Waals surface area (Å²) in [4.78, 5) is 74.3. The predicted molar refractivity (Wildman–Crippen MR) is 483 cm³/mol. The second-order valence-corrected chi connectivity index (χ2v) is 43.8. The fourth-order valence-electron chi connectivity index (χ4n) is 18.4. The maximum Gasteiger partial charge on any atom is 0.281 e. The number of carbonyl (C=O) groups excluding carboxylic acids is 3. The minimum atomic E-state index is -4.25. The quantitative estimate of drug-likeness (QED) is 0.0385. The Morgan fingerprint density at radius 2 is 0.651 bits per heavy atom. The number of pyridine rings is 6. The molecule has 3 saturated heterocycles. The van der Waals surface area contributed by atoms with Crippen LogP contribution in [0.1, 0.15) is 209 Å². The Bertz CT molecular complexity index is 5420. The Kier molecular flexibility index (Phi) is 25.7. The van der Waals surface area contributed by atoms with Crippen molar-refractivity contribution in [2.24, 2.45) is 34.0 Å². The fourth-order valence-corrected chi connectivity index (χ4v) is 21.2. The number of hydrogen-bond donors (Lipinski definition) is 9. The van der Waals surface area contributed by atoms with E-state index in [0.717, 1.165) is 96.3 Å². The van der Waals surface area contributed by atoms with Gasteiger partial charge in [0, 0.05) is 92.7 Å². The van der Waals surface area contributed by atoms with E-state index in [2.05, 4.69) is 137 Å². The first-order chi connectivity index (χ1) is 61.2. The highest BCUT2D eigenvalue weighted by Gasteiger charge is 2.47. The van der Waals surface area contributed by atoms with E-state index in [1.807, 2.05) is 0 Å². The van der Waals surface area contributed by atoms with Crippen molar-refractivity contribution in [2.75, 3.05) is 89.7 Å². The maximum absolute atomic E-state index is 13.6. The van der Waals surface area contributed by atoms with Gasteiger partial charge in [0.2, 0.25) is 17.6 Å². The van der Waals surface area contributed by atoms with Crippen LogP contribution in [-0.2, 0) is 30.1 Å². The minimum absolute atomic E-state index is 0.144. The number of anilines is 6. The maximum atomic E-state index is 13.6. The lowest BCUT2D eigenvalue weighted by molar-refractivity contribution is 0.0809. The van der Waals surface area contributed by atoms with Crippen molar-refractivity contribution in [3.8, 4) is 35.1 Å². The monoisotopic (exact) mass is 1830 g/mol. The van der Waals surface area contributed by atoms with Crippen LogP contribution in [0, 0.1) is 34.0 Å². The third-order valence-corrected chi connectivity index (χ3v) is 29.8. The molecular weight excluding hydrogens is 1710 g/mol. The number of fused-ring (bicyclic) bond motifs is 18. The molecule has 39 heteroatoms. The number of hydrogen-bond acceptors (Lipinski definition) is 30. The molecule has 15 heterocycles. The molecule has 0 aromatic carbocycles. The Labute approximate surface area is 752 Å². The lowest BCUT2D eigenvalue weighted by atomic mass is 9.93. The van der Waals surface area contributed by atoms with Crippen LogP contribution in [0.15, 0.2) is 143 Å². The van der Waals surface area contributed by atoms with Gasteiger partial charge >= 0.3 is 0 Å². The third kappa shape index (κ3) is 22.0. The Morgan fingerprint density at radius 1 is 0.380 bits per heavy atom. The molecule has 9 aromatic heterocycles. The summed E-state index contributed by atoms with van der Waals surface area (Å²) in [6.45, 7) is 23.6. The summed E-state index contributed by atoms with van der Waals surface area (Å²) in [7, 11) is -12.7. The smallest absolute Gasteiger partial charge is 0.281 e. The Morgan fingerprint density at radius 3 is 0.915 bits per heavy atom. The first kappa shape index (κ1) is 91.2. The zero-order valence-electron chi connectivity index (χ0n) is 74.4. The Hall–Kier alpha value is -11.1. The second-order valence-electron chi connectivity index (χ2n) is 38.9. The van der Waals surface area contributed by atoms with Crippen LogP contribution in [0.2, 0.25) is 0 Å². The number of rotatable bonds is 18. The number of carbonyl (C=O) groups is 3. The topological polar surface area (TPSA) is 455 Å². The van der Waals surface area contributed by atoms with Crippen LogP contribution < -0.4 is 59.0 Å². The van der Waals surface area contributed by atoms with Crippen LogP contribution in [0.3, 0.4) is 0 Å². The summed E-state index contributed by atoms with van der Waals surface area (Å²) in [5.74, 6) is 3.63. The molecule has 36 nitrogen and oxygen atoms in total. The summed E-state index contributed by atoms with van der Waals surface area (Å²) in [6.07, 6.45) is 20.5. The highest BCUT2D eigenvalue weighted by Crippen LogP contribution is 2.51. The third-order valence-electron chi connectivity index (χ3n) is 26.1. The molecule has 18 rings (SSSR count). The zero-order chi connectivity index (χ0) is 91.2. The highest BCUT2D eigenvalue weighted by molar-refractivity contribution is 7.90. The van der Waals surface area contributed by atoms with Gasteiger partial charge in [-0.25, -0.2) is 58.1 Å². The van der Waals surface area contributed by atoms with Gasteiger partial charge in [-0.3, -0.25) is 14.4 Å². The highest BCUT2D eigenvalue weighted by atomic mass is 32.2. The van der Waals surface area contributed by atoms with Crippen LogP contribution in [-0.4, -0.2) is 212 Å². The van der Waals surface area contributed by atoms with Gasteiger partial charge in [-0.2, -0.15) is 25.3 Å². The van der Waals surface area contributed by atoms with Crippen LogP contribution >= 0.6 is 0 Å². The molecule has 690 valence electrons. The molecule has 9 aliphatic rings. The molecule has 9 N–H and O–H groups in total. The SMILES string of the molecule is CC1(CC(O)COc2ccn(-c3ccc4c(n3)N3C[C@@H](CCCNc5cccc(n5)S(=O)(=O)NC4=O)CC3(C)C)n2)CC1.CC1(CC(O)COc2ccn(-c3ccc4c(n3)N3C[C@@H](CCCNc5cccc(n5)S(=O)(=O)NC4=O)CC3(C)C)n2)CC1.CC1(CC(O)COc2ccn(-c3ccc4c(n3)N3C[C@@H](CCCNc5cccc(n5)S(=O)(=O)NC4=O)CC3(C)C)n2)CC1. The van der Waals surface area contributed by atoms with E-state index in [1.165, 1.54) is 18.2 Å². The molecule has 3 saturated carbocycles. The largest absolute Gasteiger partial charge is 0.474 e. The standard InChI is InChI=1S/3C30H39N7O5S/c3*1-29(2)16-20-6-5-14-31-23-7-4-8-26(32-23)43(40,41)35-28(39)22-9-10-24(33-27(22)36(29)18-20)37-15-11-25(34-37)42-19-21(38)17-30(3)12-13-30/h3*4,7-11,15,20-21,38H,5-6,12-14,16-19H2,1-3H3,(H,31,32)(H,35,39)/t3*20-,21?/m000/s1. The van der Waals surface area contributed by atoms with Crippen molar-refractivity contribution >= 4 is 82.7 Å². The number of aromatic nitrogens is 12. The minimum Gasteiger partial charge on any atom is -0.474 e. The summed E-state index contributed by atoms with van der Waals surface area (Å²) in [6, 6.07) is 28.7. The van der Waals surface area contributed by atoms with E-state index in [1.54, 1.807) is 124 Å². The molecular formula is C90H117N21O15S3. The molecule has 6 atom stereocenters. The predicted octanol–water partition coefficient (Wildman–Crippen LogP) is 10.6. The molecule has 3 amide bonds. The van der Waals surface area contributed by atoms with Gasteiger partial charge in [0.05, 0.1) is 35.0 Å². The number of amides is 3. The van der Waals surface area contributed by atoms with E-state index >= 15 is 0 Å². The van der Waals surface area contributed by atoms with Gasteiger partial charge in [0.15, 0.2) is 32.5 Å². The van der Waals surface area contributed by atoms with Gasteiger partial charge in [-0.05, 0) is 264 Å². The number of ether oxygens (including phenoxy) is 3. The van der Waals surface area contributed by atoms with E-state index in [-0.39, 0.29) is 84.5 Å². The van der Waals surface area contributed by atoms with Gasteiger partial charge in [0.1, 0.15) is 54.7 Å². The van der Waals surface area contributed by atoms with E-state index < -0.39 is 66.1 Å². The molecule has 6 fully saturated rings. The molecule has 6 aliphatic heterocycles. The first-order valence-corrected chi connectivity index (χ1v) is 49.0. The van der Waals surface area contributed by atoms with Crippen molar-refractivity contribution in [1.29, 1.82) is 0 Å². The van der Waals surface area contributed by atoms with E-state index in [0.29, 0.717) is 146 Å². The van der Waals surface area contributed by atoms with Gasteiger partial charge < -0.3 is 60.2 Å². The summed E-state index contributed by atoms with van der Waals surface area (Å²) in [5, 5.41) is 53.5. The zero-order valence-corrected chi connectivity index (χ0v) is 76.8. The molecule has 129 heavy (non-hydrogen) atoms. The second kappa shape index (κ2) is 36.3. The average molecular weight is 1830 g/mol. The number of aliphatic hydroxyl groups is 3. The number of nitrogens with one attached hydrogen (secondary N) is 6. The summed E-state index contributed by atoms with van der Waals surface area (Å²) >= 11 is 0. The van der Waals surface area contributed by atoms with Gasteiger partial charge in [-0.15, -0.1) is 15.3 Å². The Balaban J connectivity index is 0.000000142. The van der Waals surface area contributed by atoms with Crippen LogP contribution in [0.5, 0.6) is 17.6 Å². The molecule has 0 radical (unpaired) electrons. The van der Waals surface area contributed by atoms with Crippen LogP contribution in [0.25, 0.3) is 17.5 Å². The number of aliphatic hydroxyl groups excluding tert-OH is 3. The molecule has 3 aliphatic carbocycles. The fraction of sp³-hybridized carbons (Fsp3) is 0.533. The molecule has 3 unspecified atom stereocenters. The van der Waals surface area contributed by atoms with Crippen molar-refractivity contribution in [3.05, 3.63) is 144 Å². The molecule has 9 aromatic rings. The van der Waals surface area contributed by atoms with Crippen LogP contribution in [0.4, 0.5) is 34.9 Å². The molecule has 0 spiro atoms. The lowest BCUT2D eigenvalue weighted by Crippen LogP contribution is -2.41. The van der Waals surface area contributed by atoms with Crippen molar-refractivity contribution in [2.45, 2.75) is 228 Å². The van der Waals surface area contributed by atoms with Gasteiger partial charge in [-0.1, -0.05) is 39.0 Å². The van der Waals surface area contributed by atoms with Crippen molar-refractivity contribution < 1.29 is 69.2 Å². The van der Waals surface area contributed by atoms with E-state index in [9.17, 15) is 55.0 Å². The first-order valence-electron chi connectivity index (χ1n) is 44.5. The van der Waals surface area contributed by atoms with Crippen molar-refractivity contribution in [1.82, 2.24) is 73.4 Å². The lowest BCUT2D eigenvalue weighted by Gasteiger charge is -2.34. The number of nitrogens with zero attached hydrogens (tertiary/aromatic N) is 15.